The van der Waals surface area contributed by atoms with Crippen molar-refractivity contribution in [3.8, 4) is 17.2 Å². The van der Waals surface area contributed by atoms with Gasteiger partial charge in [0.2, 0.25) is 18.6 Å². The molecule has 11 heteroatoms. The molecule has 3 aliphatic rings. The largest absolute Gasteiger partial charge is 0.508 e. The van der Waals surface area contributed by atoms with Crippen molar-refractivity contribution in [1.82, 2.24) is 25.1 Å². The van der Waals surface area contributed by atoms with Gasteiger partial charge in [-0.25, -0.2) is 14.8 Å². The summed E-state index contributed by atoms with van der Waals surface area (Å²) in [5.41, 5.74) is 2.47. The van der Waals surface area contributed by atoms with Crippen molar-refractivity contribution in [2.75, 3.05) is 26.4 Å². The lowest BCUT2D eigenvalue weighted by molar-refractivity contribution is -0.189. The van der Waals surface area contributed by atoms with E-state index in [9.17, 15) is 19.5 Å². The first-order chi connectivity index (χ1) is 20.9. The summed E-state index contributed by atoms with van der Waals surface area (Å²) in [7, 11) is 0. The van der Waals surface area contributed by atoms with E-state index in [0.29, 0.717) is 18.0 Å². The molecule has 6 rings (SSSR count). The summed E-state index contributed by atoms with van der Waals surface area (Å²) in [5.74, 6) is 0.798. The number of hydrogen-bond acceptors (Lipinski definition) is 7. The predicted octanol–water partition coefficient (Wildman–Crippen LogP) is 2.86. The molecule has 3 heterocycles. The molecule has 2 atom stereocenters. The van der Waals surface area contributed by atoms with Crippen LogP contribution >= 0.6 is 0 Å². The molecule has 0 aliphatic carbocycles. The number of nitrogens with zero attached hydrogens (tertiary/aromatic N) is 4. The topological polar surface area (TPSA) is 115 Å². The Bertz CT molecular complexity index is 1510. The lowest BCUT2D eigenvalue weighted by Gasteiger charge is -2.55. The Morgan fingerprint density at radius 1 is 1.00 bits per heavy atom. The van der Waals surface area contributed by atoms with E-state index in [0.717, 1.165) is 16.7 Å². The van der Waals surface area contributed by atoms with Gasteiger partial charge in [-0.3, -0.25) is 9.59 Å². The van der Waals surface area contributed by atoms with E-state index in [1.54, 1.807) is 50.2 Å². The number of ether oxygens (including phenoxy) is 2. The molecule has 222 valence electrons. The average molecular weight is 584 g/mol. The van der Waals surface area contributed by atoms with Crippen LogP contribution in [0, 0.1) is 0 Å². The fraction of sp³-hybridized carbons (Fsp3) is 0.281. The van der Waals surface area contributed by atoms with Gasteiger partial charge in [0.05, 0.1) is 13.1 Å². The molecular formula is C32H33N5O6. The van der Waals surface area contributed by atoms with E-state index in [-0.39, 0.29) is 63.0 Å². The molecule has 3 aromatic rings. The smallest absolute Gasteiger partial charge is 0.334 e. The molecule has 43 heavy (non-hydrogen) atoms. The number of piperazine rings is 1. The molecule has 2 fully saturated rings. The van der Waals surface area contributed by atoms with Gasteiger partial charge in [0.25, 0.3) is 0 Å². The third kappa shape index (κ3) is 5.71. The van der Waals surface area contributed by atoms with Crippen LogP contribution in [0.25, 0.3) is 0 Å². The molecule has 3 aliphatic heterocycles. The first kappa shape index (κ1) is 28.1. The zero-order chi connectivity index (χ0) is 29.9. The summed E-state index contributed by atoms with van der Waals surface area (Å²) < 4.78 is 11.2. The van der Waals surface area contributed by atoms with Gasteiger partial charge in [-0.1, -0.05) is 60.7 Å². The van der Waals surface area contributed by atoms with Gasteiger partial charge >= 0.3 is 6.03 Å². The molecule has 0 spiro atoms. The van der Waals surface area contributed by atoms with Crippen molar-refractivity contribution in [2.24, 2.45) is 0 Å². The molecule has 2 N–H and O–H groups in total. The highest BCUT2D eigenvalue weighted by Gasteiger charge is 2.51. The number of carbonyl (C=O) groups is 3. The third-order valence-electron chi connectivity index (χ3n) is 7.87. The van der Waals surface area contributed by atoms with Gasteiger partial charge in [0.1, 0.15) is 18.0 Å². The number of para-hydroxylation sites is 1. The molecule has 0 saturated carbocycles. The number of amides is 4. The molecule has 11 nitrogen and oxygen atoms in total. The number of carbonyl (C=O) groups excluding carboxylic acids is 3. The van der Waals surface area contributed by atoms with E-state index in [1.165, 1.54) is 0 Å². The molecule has 3 aromatic carbocycles. The fourth-order valence-corrected chi connectivity index (χ4v) is 5.87. The molecule has 4 amide bonds. The van der Waals surface area contributed by atoms with Gasteiger partial charge in [0.15, 0.2) is 11.5 Å². The van der Waals surface area contributed by atoms with E-state index in [2.05, 4.69) is 11.9 Å². The highest BCUT2D eigenvalue weighted by molar-refractivity contribution is 5.91. The number of benzene rings is 3. The quantitative estimate of drug-likeness (QED) is 0.392. The van der Waals surface area contributed by atoms with Crippen molar-refractivity contribution in [3.63, 3.8) is 0 Å². The SMILES string of the molecule is C=CCN1CC(=O)N2[C@@H](Cc3ccc(O)cc3)C(=O)N(Cc3cccc4c3OCO4)C[C@@H]2N1C(=O)NCc1ccccc1. The first-order valence-corrected chi connectivity index (χ1v) is 14.1. The number of nitrogens with one attached hydrogen (secondary N) is 1. The second-order valence-electron chi connectivity index (χ2n) is 10.7. The van der Waals surface area contributed by atoms with E-state index in [1.807, 2.05) is 48.5 Å². The maximum atomic E-state index is 14.2. The van der Waals surface area contributed by atoms with Crippen LogP contribution in [-0.2, 0) is 29.1 Å². The van der Waals surface area contributed by atoms with Gasteiger partial charge in [0, 0.05) is 31.6 Å². The zero-order valence-electron chi connectivity index (χ0n) is 23.6. The number of hydrazine groups is 1. The standard InChI is InChI=1S/C32H33N5O6/c1-2-15-35-20-29(39)36-26(16-22-11-13-25(38)14-12-22)31(40)34(18-24-9-6-10-27-30(24)43-21-42-27)19-28(36)37(35)32(41)33-17-23-7-4-3-5-8-23/h2-14,26,28,38H,1,15-21H2,(H,33,41)/t26-,28-/m0/s1. The Morgan fingerprint density at radius 2 is 1.79 bits per heavy atom. The van der Waals surface area contributed by atoms with Crippen molar-refractivity contribution < 1.29 is 29.0 Å². The Labute approximate surface area is 249 Å². The summed E-state index contributed by atoms with van der Waals surface area (Å²) in [6.45, 7) is 4.70. The summed E-state index contributed by atoms with van der Waals surface area (Å²) >= 11 is 0. The number of rotatable bonds is 8. The molecular weight excluding hydrogens is 550 g/mol. The van der Waals surface area contributed by atoms with Gasteiger partial charge in [-0.05, 0) is 29.3 Å². The molecule has 0 radical (unpaired) electrons. The minimum atomic E-state index is -0.875. The monoisotopic (exact) mass is 583 g/mol. The minimum absolute atomic E-state index is 0.0853. The number of fused-ring (bicyclic) bond motifs is 2. The Hall–Kier alpha value is -5.03. The van der Waals surface area contributed by atoms with E-state index < -0.39 is 12.2 Å². The maximum absolute atomic E-state index is 14.2. The summed E-state index contributed by atoms with van der Waals surface area (Å²) in [6.07, 6.45) is 1.08. The first-order valence-electron chi connectivity index (χ1n) is 14.1. The molecule has 0 aromatic heterocycles. The van der Waals surface area contributed by atoms with Crippen LogP contribution in [0.2, 0.25) is 0 Å². The third-order valence-corrected chi connectivity index (χ3v) is 7.87. The average Bonchev–Trinajstić information content (AvgIpc) is 3.50. The van der Waals surface area contributed by atoms with Gasteiger partial charge in [-0.15, -0.1) is 6.58 Å². The van der Waals surface area contributed by atoms with Crippen LogP contribution in [0.4, 0.5) is 4.79 Å². The highest BCUT2D eigenvalue weighted by Crippen LogP contribution is 2.37. The van der Waals surface area contributed by atoms with Crippen LogP contribution < -0.4 is 14.8 Å². The van der Waals surface area contributed by atoms with E-state index in [4.69, 9.17) is 9.47 Å². The van der Waals surface area contributed by atoms with Crippen molar-refractivity contribution >= 4 is 17.8 Å². The van der Waals surface area contributed by atoms with Gasteiger partial charge in [-0.2, -0.15) is 0 Å². The fourth-order valence-electron chi connectivity index (χ4n) is 5.87. The Balaban J connectivity index is 1.35. The molecule has 2 saturated heterocycles. The normalized spacial score (nSPS) is 19.8. The van der Waals surface area contributed by atoms with E-state index >= 15 is 0 Å². The number of urea groups is 1. The van der Waals surface area contributed by atoms with Crippen molar-refractivity contribution in [2.45, 2.75) is 31.7 Å². The summed E-state index contributed by atoms with van der Waals surface area (Å²) in [6, 6.07) is 20.4. The van der Waals surface area contributed by atoms with Crippen LogP contribution in [0.5, 0.6) is 17.2 Å². The van der Waals surface area contributed by atoms with Gasteiger partial charge < -0.3 is 29.7 Å². The number of hydrogen-bond donors (Lipinski definition) is 2. The van der Waals surface area contributed by atoms with Crippen LogP contribution in [0.15, 0.2) is 85.5 Å². The zero-order valence-corrected chi connectivity index (χ0v) is 23.6. The van der Waals surface area contributed by atoms with Crippen LogP contribution in [0.1, 0.15) is 16.7 Å². The summed E-state index contributed by atoms with van der Waals surface area (Å²) in [4.78, 5) is 45.0. The Kier molecular flexibility index (Phi) is 7.89. The van der Waals surface area contributed by atoms with Crippen molar-refractivity contribution in [3.05, 3.63) is 102 Å². The number of phenols is 1. The van der Waals surface area contributed by atoms with Crippen LogP contribution in [0.3, 0.4) is 0 Å². The summed E-state index contributed by atoms with van der Waals surface area (Å²) in [5, 5.41) is 16.0. The van der Waals surface area contributed by atoms with Crippen LogP contribution in [-0.4, -0.2) is 81.4 Å². The second-order valence-corrected chi connectivity index (χ2v) is 10.7. The minimum Gasteiger partial charge on any atom is -0.508 e. The molecule has 0 unspecified atom stereocenters. The number of phenolic OH excluding ortho intramolecular Hbond substituents is 1. The van der Waals surface area contributed by atoms with Crippen molar-refractivity contribution in [1.29, 1.82) is 0 Å². The lowest BCUT2D eigenvalue weighted by Crippen LogP contribution is -2.76. The number of aromatic hydroxyl groups is 1. The lowest BCUT2D eigenvalue weighted by atomic mass is 9.98. The molecule has 0 bridgehead atoms. The maximum Gasteiger partial charge on any atom is 0.334 e. The second kappa shape index (κ2) is 12.1. The Morgan fingerprint density at radius 3 is 2.56 bits per heavy atom. The predicted molar refractivity (Wildman–Crippen MR) is 157 cm³/mol. The highest BCUT2D eigenvalue weighted by atomic mass is 16.7.